The zero-order valence-electron chi connectivity index (χ0n) is 13.6. The Balaban J connectivity index is 2.28. The summed E-state index contributed by atoms with van der Waals surface area (Å²) in [5.41, 5.74) is 2.25. The van der Waals surface area contributed by atoms with Crippen LogP contribution in [0, 0.1) is 45.8 Å². The topological polar surface area (TPSA) is 85.9 Å². The second-order valence-corrected chi connectivity index (χ2v) is 5.92. The van der Waals surface area contributed by atoms with Gasteiger partial charge in [-0.15, -0.1) is 5.73 Å². The molecule has 3 atom stereocenters. The zero-order valence-corrected chi connectivity index (χ0v) is 13.6. The Hall–Kier alpha value is -2.77. The molecule has 122 valence electrons. The molecule has 0 radical (unpaired) electrons. The van der Waals surface area contributed by atoms with Crippen molar-refractivity contribution in [3.05, 3.63) is 30.0 Å². The van der Waals surface area contributed by atoms with Crippen LogP contribution in [-0.2, 0) is 9.53 Å². The van der Waals surface area contributed by atoms with Gasteiger partial charge in [0.05, 0.1) is 12.1 Å². The number of fused-ring (bicyclic) bond motifs is 2. The Morgan fingerprint density at radius 2 is 2.21 bits per heavy atom. The van der Waals surface area contributed by atoms with E-state index in [2.05, 4.69) is 41.6 Å². The lowest BCUT2D eigenvalue weighted by Gasteiger charge is -2.34. The molecule has 1 fully saturated rings. The van der Waals surface area contributed by atoms with Gasteiger partial charge >= 0.3 is 5.97 Å². The molecule has 0 aliphatic carbocycles. The molecule has 5 heteroatoms. The van der Waals surface area contributed by atoms with Crippen molar-refractivity contribution in [1.82, 2.24) is 5.32 Å². The highest BCUT2D eigenvalue weighted by molar-refractivity contribution is 5.66. The van der Waals surface area contributed by atoms with Gasteiger partial charge in [0.2, 0.25) is 0 Å². The number of carbonyl (C=O) groups is 1. The quantitative estimate of drug-likeness (QED) is 0.370. The Morgan fingerprint density at radius 1 is 1.46 bits per heavy atom. The maximum absolute atomic E-state index is 10.7. The molecule has 0 saturated carbocycles. The Bertz CT molecular complexity index is 721. The molecule has 0 aromatic heterocycles. The second-order valence-electron chi connectivity index (χ2n) is 5.92. The molecule has 0 aromatic rings. The molecule has 2 bridgehead atoms. The summed E-state index contributed by atoms with van der Waals surface area (Å²) in [6.07, 6.45) is 5.86. The van der Waals surface area contributed by atoms with Gasteiger partial charge in [-0.25, -0.2) is 0 Å². The van der Waals surface area contributed by atoms with E-state index in [4.69, 9.17) is 4.74 Å². The van der Waals surface area contributed by atoms with Crippen LogP contribution in [0.15, 0.2) is 30.0 Å². The lowest BCUT2D eigenvalue weighted by molar-refractivity contribution is -0.139. The first kappa shape index (κ1) is 17.6. The number of nitrogens with one attached hydrogen (secondary N) is 1. The van der Waals surface area contributed by atoms with Crippen LogP contribution in [-0.4, -0.2) is 24.7 Å². The van der Waals surface area contributed by atoms with Crippen molar-refractivity contribution >= 4 is 5.97 Å². The molecule has 1 unspecified atom stereocenters. The van der Waals surface area contributed by atoms with Crippen LogP contribution < -0.4 is 5.32 Å². The summed E-state index contributed by atoms with van der Waals surface area (Å²) in [6.45, 7) is 4.90. The number of ether oxygens (including phenoxy) is 1. The smallest absolute Gasteiger partial charge is 0.303 e. The third kappa shape index (κ3) is 3.58. The summed E-state index contributed by atoms with van der Waals surface area (Å²) in [4.78, 5) is 10.7. The molecule has 1 N–H and O–H groups in total. The maximum atomic E-state index is 10.7. The molecule has 0 aromatic carbocycles. The van der Waals surface area contributed by atoms with Crippen molar-refractivity contribution in [1.29, 1.82) is 10.5 Å². The van der Waals surface area contributed by atoms with Crippen molar-refractivity contribution < 1.29 is 9.53 Å². The van der Waals surface area contributed by atoms with E-state index in [1.54, 1.807) is 0 Å². The largest absolute Gasteiger partial charge is 0.453 e. The van der Waals surface area contributed by atoms with Crippen LogP contribution in [0.2, 0.25) is 0 Å². The molecular weight excluding hydrogens is 302 g/mol. The van der Waals surface area contributed by atoms with E-state index < -0.39 is 11.4 Å². The van der Waals surface area contributed by atoms with Gasteiger partial charge in [-0.05, 0) is 24.5 Å². The number of rotatable bonds is 4. The first-order valence-electron chi connectivity index (χ1n) is 7.82. The Kier molecular flexibility index (Phi) is 5.62. The van der Waals surface area contributed by atoms with E-state index in [-0.39, 0.29) is 31.0 Å². The van der Waals surface area contributed by atoms with E-state index in [0.717, 1.165) is 18.4 Å². The molecular formula is C19H19N3O2. The SMILES string of the molecule is C=C=C[C@@H]1C(C(C#N)(C#N)CC#CCOC(C)=O)=CC2CC[C@@H]1N2. The molecule has 0 spiro atoms. The summed E-state index contributed by atoms with van der Waals surface area (Å²) in [5, 5.41) is 22.9. The van der Waals surface area contributed by atoms with Gasteiger partial charge in [-0.3, -0.25) is 4.79 Å². The highest BCUT2D eigenvalue weighted by Gasteiger charge is 2.45. The number of hydrogen-bond donors (Lipinski definition) is 1. The minimum Gasteiger partial charge on any atom is -0.453 e. The minimum atomic E-state index is -1.32. The number of carbonyl (C=O) groups excluding carboxylic acids is 1. The lowest BCUT2D eigenvalue weighted by atomic mass is 9.71. The third-order valence-electron chi connectivity index (χ3n) is 4.39. The predicted octanol–water partition coefficient (Wildman–Crippen LogP) is 1.99. The van der Waals surface area contributed by atoms with Gasteiger partial charge < -0.3 is 10.1 Å². The Morgan fingerprint density at radius 3 is 2.83 bits per heavy atom. The van der Waals surface area contributed by atoms with Gasteiger partial charge in [-0.2, -0.15) is 10.5 Å². The fourth-order valence-corrected chi connectivity index (χ4v) is 3.24. The van der Waals surface area contributed by atoms with Gasteiger partial charge in [0.25, 0.3) is 0 Å². The number of nitrogens with zero attached hydrogens (tertiary/aromatic N) is 2. The average molecular weight is 321 g/mol. The first-order valence-corrected chi connectivity index (χ1v) is 7.82. The summed E-state index contributed by atoms with van der Waals surface area (Å²) in [5.74, 6) is 5.00. The molecule has 0 amide bonds. The minimum absolute atomic E-state index is 0.0376. The van der Waals surface area contributed by atoms with E-state index >= 15 is 0 Å². The fourth-order valence-electron chi connectivity index (χ4n) is 3.24. The van der Waals surface area contributed by atoms with Crippen LogP contribution in [0.4, 0.5) is 0 Å². The second kappa shape index (κ2) is 7.67. The van der Waals surface area contributed by atoms with Crippen molar-refractivity contribution in [2.75, 3.05) is 6.61 Å². The Labute approximate surface area is 142 Å². The highest BCUT2D eigenvalue weighted by atomic mass is 16.5. The molecule has 5 nitrogen and oxygen atoms in total. The van der Waals surface area contributed by atoms with Crippen molar-refractivity contribution in [3.63, 3.8) is 0 Å². The van der Waals surface area contributed by atoms with E-state index in [9.17, 15) is 15.3 Å². The van der Waals surface area contributed by atoms with Crippen LogP contribution in [0.3, 0.4) is 0 Å². The van der Waals surface area contributed by atoms with Crippen LogP contribution in [0.25, 0.3) is 0 Å². The lowest BCUT2D eigenvalue weighted by Crippen LogP contribution is -2.42. The summed E-state index contributed by atoms with van der Waals surface area (Å²) >= 11 is 0. The summed E-state index contributed by atoms with van der Waals surface area (Å²) < 4.78 is 4.75. The fraction of sp³-hybridized carbons (Fsp3) is 0.474. The molecule has 1 saturated heterocycles. The number of hydrogen-bond acceptors (Lipinski definition) is 5. The number of nitriles is 2. The van der Waals surface area contributed by atoms with Gasteiger partial charge in [0.15, 0.2) is 12.0 Å². The molecule has 2 aliphatic heterocycles. The van der Waals surface area contributed by atoms with Gasteiger partial charge in [0.1, 0.15) is 0 Å². The van der Waals surface area contributed by atoms with E-state index in [0.29, 0.717) is 0 Å². The predicted molar refractivity (Wildman–Crippen MR) is 87.9 cm³/mol. The molecule has 2 heterocycles. The van der Waals surface area contributed by atoms with E-state index in [1.165, 1.54) is 6.92 Å². The van der Waals surface area contributed by atoms with Gasteiger partial charge in [-0.1, -0.05) is 24.5 Å². The van der Waals surface area contributed by atoms with Crippen molar-refractivity contribution in [3.8, 4) is 24.0 Å². The first-order chi connectivity index (χ1) is 11.6. The van der Waals surface area contributed by atoms with Crippen molar-refractivity contribution in [2.24, 2.45) is 11.3 Å². The monoisotopic (exact) mass is 321 g/mol. The average Bonchev–Trinajstić information content (AvgIpc) is 2.96. The molecule has 2 rings (SSSR count). The van der Waals surface area contributed by atoms with Crippen molar-refractivity contribution in [2.45, 2.75) is 38.3 Å². The number of esters is 1. The van der Waals surface area contributed by atoms with Crippen LogP contribution in [0.1, 0.15) is 26.2 Å². The molecule has 2 aliphatic rings. The molecule has 24 heavy (non-hydrogen) atoms. The highest BCUT2D eigenvalue weighted by Crippen LogP contribution is 2.43. The van der Waals surface area contributed by atoms with E-state index in [1.807, 2.05) is 12.2 Å². The normalized spacial score (nSPS) is 24.3. The standard InChI is InChI=1S/C19H19N3O2/c1-3-6-16-17(11-15-7-8-18(16)22-15)19(12-20,13-21)9-4-5-10-24-14(2)23/h6,11,15-16,18,22H,1,7-10H2,2H3/t15?,16-,18+/m1/s1. The van der Waals surface area contributed by atoms with Crippen LogP contribution in [0.5, 0.6) is 0 Å². The summed E-state index contributed by atoms with van der Waals surface area (Å²) in [6, 6.07) is 4.70. The summed E-state index contributed by atoms with van der Waals surface area (Å²) in [7, 11) is 0. The van der Waals surface area contributed by atoms with Gasteiger partial charge in [0, 0.05) is 31.3 Å². The third-order valence-corrected chi connectivity index (χ3v) is 4.39. The maximum Gasteiger partial charge on any atom is 0.303 e. The zero-order chi connectivity index (χ0) is 17.6. The van der Waals surface area contributed by atoms with Crippen LogP contribution >= 0.6 is 0 Å².